The minimum Gasteiger partial charge on any atom is -0.385 e. The second-order valence-electron chi connectivity index (χ2n) is 6.29. The average Bonchev–Trinajstić information content (AvgIpc) is 2.92. The summed E-state index contributed by atoms with van der Waals surface area (Å²) in [4.78, 5) is 4.21. The molecule has 1 fully saturated rings. The van der Waals surface area contributed by atoms with Crippen LogP contribution in [0.5, 0.6) is 0 Å². The minimum absolute atomic E-state index is 0.203. The maximum atomic E-state index is 11.1. The molecule has 0 aromatic heterocycles. The van der Waals surface area contributed by atoms with Gasteiger partial charge < -0.3 is 15.4 Å². The number of rotatable bonds is 9. The first-order valence-corrected chi connectivity index (χ1v) is 10.1. The van der Waals surface area contributed by atoms with Crippen LogP contribution in [0, 0.1) is 5.41 Å². The van der Waals surface area contributed by atoms with Gasteiger partial charge in [-0.15, -0.1) is 0 Å². The zero-order valence-electron chi connectivity index (χ0n) is 14.2. The van der Waals surface area contributed by atoms with Gasteiger partial charge in [0.2, 0.25) is 0 Å². The molecule has 1 saturated carbocycles. The largest absolute Gasteiger partial charge is 0.385 e. The molecule has 22 heavy (non-hydrogen) atoms. The van der Waals surface area contributed by atoms with E-state index in [-0.39, 0.29) is 5.75 Å². The van der Waals surface area contributed by atoms with Gasteiger partial charge in [-0.2, -0.15) is 0 Å². The summed E-state index contributed by atoms with van der Waals surface area (Å²) in [6.07, 6.45) is 7.95. The van der Waals surface area contributed by atoms with Gasteiger partial charge in [-0.05, 0) is 31.1 Å². The lowest BCUT2D eigenvalue weighted by atomic mass is 9.83. The lowest BCUT2D eigenvalue weighted by Crippen LogP contribution is -2.43. The molecular formula is C15H31N3O3S. The van der Waals surface area contributed by atoms with Crippen molar-refractivity contribution in [1.82, 2.24) is 10.6 Å². The van der Waals surface area contributed by atoms with Gasteiger partial charge >= 0.3 is 0 Å². The van der Waals surface area contributed by atoms with E-state index in [1.165, 1.54) is 31.9 Å². The third kappa shape index (κ3) is 7.45. The molecule has 2 N–H and O–H groups in total. The zero-order chi connectivity index (χ0) is 16.5. The first kappa shape index (κ1) is 19.2. The van der Waals surface area contributed by atoms with Crippen molar-refractivity contribution in [3.8, 4) is 0 Å². The summed E-state index contributed by atoms with van der Waals surface area (Å²) in [5.74, 6) is 0.951. The van der Waals surface area contributed by atoms with Crippen LogP contribution >= 0.6 is 0 Å². The van der Waals surface area contributed by atoms with Crippen LogP contribution in [0.4, 0.5) is 0 Å². The van der Waals surface area contributed by atoms with Crippen LogP contribution in [0.2, 0.25) is 0 Å². The zero-order valence-corrected chi connectivity index (χ0v) is 15.0. The normalized spacial score (nSPS) is 18.4. The van der Waals surface area contributed by atoms with Crippen LogP contribution in [-0.4, -0.2) is 60.2 Å². The number of nitrogens with zero attached hydrogens (tertiary/aromatic N) is 1. The summed E-state index contributed by atoms with van der Waals surface area (Å²) >= 11 is 0. The number of ether oxygens (including phenoxy) is 1. The Hall–Kier alpha value is -0.820. The number of nitrogens with one attached hydrogen (secondary N) is 2. The number of sulfone groups is 1. The molecule has 0 aliphatic heterocycles. The average molecular weight is 333 g/mol. The van der Waals surface area contributed by atoms with E-state index in [0.29, 0.717) is 18.4 Å². The van der Waals surface area contributed by atoms with Crippen molar-refractivity contribution in [1.29, 1.82) is 0 Å². The molecule has 130 valence electrons. The van der Waals surface area contributed by atoms with Gasteiger partial charge in [-0.3, -0.25) is 4.99 Å². The Morgan fingerprint density at radius 3 is 2.50 bits per heavy atom. The van der Waals surface area contributed by atoms with E-state index < -0.39 is 9.84 Å². The molecule has 0 heterocycles. The molecule has 0 aromatic carbocycles. The molecule has 0 unspecified atom stereocenters. The molecular weight excluding hydrogens is 302 g/mol. The van der Waals surface area contributed by atoms with Crippen molar-refractivity contribution in [2.75, 3.05) is 45.9 Å². The topological polar surface area (TPSA) is 79.8 Å². The van der Waals surface area contributed by atoms with E-state index in [9.17, 15) is 8.42 Å². The first-order chi connectivity index (χ1) is 10.4. The number of guanidine groups is 1. The smallest absolute Gasteiger partial charge is 0.190 e. The molecule has 0 saturated heterocycles. The fourth-order valence-electron chi connectivity index (χ4n) is 2.99. The van der Waals surface area contributed by atoms with Gasteiger partial charge in [0, 0.05) is 40.1 Å². The van der Waals surface area contributed by atoms with Crippen LogP contribution in [0.3, 0.4) is 0 Å². The van der Waals surface area contributed by atoms with Gasteiger partial charge in [-0.25, -0.2) is 8.42 Å². The molecule has 1 aliphatic carbocycles. The second kappa shape index (κ2) is 9.35. The van der Waals surface area contributed by atoms with E-state index in [2.05, 4.69) is 15.6 Å². The van der Waals surface area contributed by atoms with Gasteiger partial charge in [0.15, 0.2) is 5.96 Å². The predicted octanol–water partition coefficient (Wildman–Crippen LogP) is 1.18. The molecule has 0 spiro atoms. The number of hydrogen-bond donors (Lipinski definition) is 2. The monoisotopic (exact) mass is 333 g/mol. The Morgan fingerprint density at radius 2 is 1.95 bits per heavy atom. The molecule has 0 amide bonds. The summed E-state index contributed by atoms with van der Waals surface area (Å²) < 4.78 is 27.4. The number of hydrogen-bond acceptors (Lipinski definition) is 4. The molecule has 0 atom stereocenters. The molecule has 1 rings (SSSR count). The highest BCUT2D eigenvalue weighted by Gasteiger charge is 2.33. The maximum Gasteiger partial charge on any atom is 0.190 e. The van der Waals surface area contributed by atoms with Crippen molar-refractivity contribution >= 4 is 15.8 Å². The van der Waals surface area contributed by atoms with Gasteiger partial charge in [0.05, 0.1) is 5.75 Å². The molecule has 0 bridgehead atoms. The van der Waals surface area contributed by atoms with Crippen molar-refractivity contribution < 1.29 is 13.2 Å². The van der Waals surface area contributed by atoms with Crippen LogP contribution < -0.4 is 10.6 Å². The SMILES string of the molecule is CN=C(NCCCS(C)(=O)=O)NCC1(CCOC)CCCC1. The van der Waals surface area contributed by atoms with Gasteiger partial charge in [0.25, 0.3) is 0 Å². The van der Waals surface area contributed by atoms with E-state index in [1.54, 1.807) is 14.2 Å². The summed E-state index contributed by atoms with van der Waals surface area (Å²) in [7, 11) is 0.598. The lowest BCUT2D eigenvalue weighted by Gasteiger charge is -2.29. The van der Waals surface area contributed by atoms with Gasteiger partial charge in [-0.1, -0.05) is 12.8 Å². The molecule has 7 heteroatoms. The fourth-order valence-corrected chi connectivity index (χ4v) is 3.66. The lowest BCUT2D eigenvalue weighted by molar-refractivity contribution is 0.138. The van der Waals surface area contributed by atoms with Crippen molar-refractivity contribution in [2.24, 2.45) is 10.4 Å². The minimum atomic E-state index is -2.89. The molecule has 6 nitrogen and oxygen atoms in total. The molecule has 1 aliphatic rings. The van der Waals surface area contributed by atoms with Crippen molar-refractivity contribution in [3.63, 3.8) is 0 Å². The third-order valence-electron chi connectivity index (χ3n) is 4.34. The summed E-state index contributed by atoms with van der Waals surface area (Å²) in [6, 6.07) is 0. The Bertz CT molecular complexity index is 443. The number of aliphatic imine (C=N–C) groups is 1. The van der Waals surface area contributed by atoms with Crippen LogP contribution in [0.1, 0.15) is 38.5 Å². The number of methoxy groups -OCH3 is 1. The quantitative estimate of drug-likeness (QED) is 0.376. The van der Waals surface area contributed by atoms with Crippen molar-refractivity contribution in [2.45, 2.75) is 38.5 Å². The van der Waals surface area contributed by atoms with E-state index in [0.717, 1.165) is 25.5 Å². The highest BCUT2D eigenvalue weighted by atomic mass is 32.2. The van der Waals surface area contributed by atoms with Crippen molar-refractivity contribution in [3.05, 3.63) is 0 Å². The van der Waals surface area contributed by atoms with Crippen LogP contribution in [0.15, 0.2) is 4.99 Å². The first-order valence-electron chi connectivity index (χ1n) is 8.02. The summed E-state index contributed by atoms with van der Waals surface area (Å²) in [5.41, 5.74) is 0.306. The summed E-state index contributed by atoms with van der Waals surface area (Å²) in [6.45, 7) is 2.29. The second-order valence-corrected chi connectivity index (χ2v) is 8.55. The van der Waals surface area contributed by atoms with Crippen LogP contribution in [0.25, 0.3) is 0 Å². The highest BCUT2D eigenvalue weighted by molar-refractivity contribution is 7.90. The standard InChI is InChI=1S/C15H31N3O3S/c1-16-14(17-10-6-12-22(3,19)20)18-13-15(9-11-21-2)7-4-5-8-15/h4-13H2,1-3H3,(H2,16,17,18). The Morgan fingerprint density at radius 1 is 1.27 bits per heavy atom. The molecule has 0 radical (unpaired) electrons. The fraction of sp³-hybridized carbons (Fsp3) is 0.933. The predicted molar refractivity (Wildman–Crippen MR) is 91.1 cm³/mol. The Labute approximate surface area is 135 Å². The highest BCUT2D eigenvalue weighted by Crippen LogP contribution is 2.40. The Balaban J connectivity index is 2.35. The van der Waals surface area contributed by atoms with E-state index >= 15 is 0 Å². The summed E-state index contributed by atoms with van der Waals surface area (Å²) in [5, 5.41) is 6.58. The maximum absolute atomic E-state index is 11.1. The Kier molecular flexibility index (Phi) is 8.17. The van der Waals surface area contributed by atoms with E-state index in [4.69, 9.17) is 4.74 Å². The van der Waals surface area contributed by atoms with E-state index in [1.807, 2.05) is 0 Å². The molecule has 0 aromatic rings. The van der Waals surface area contributed by atoms with Gasteiger partial charge in [0.1, 0.15) is 9.84 Å². The third-order valence-corrected chi connectivity index (χ3v) is 5.37. The van der Waals surface area contributed by atoms with Crippen LogP contribution in [-0.2, 0) is 14.6 Å².